The molecule has 0 atom stereocenters. The van der Waals surface area contributed by atoms with Gasteiger partial charge in [0.2, 0.25) is 5.91 Å². The smallest absolute Gasteiger partial charge is 0.270 e. The van der Waals surface area contributed by atoms with Crippen LogP contribution in [0.2, 0.25) is 0 Å². The Labute approximate surface area is 205 Å². The van der Waals surface area contributed by atoms with E-state index in [1.807, 2.05) is 41.3 Å². The van der Waals surface area contributed by atoms with Crippen LogP contribution in [0.1, 0.15) is 44.1 Å². The number of fused-ring (bicyclic) bond motifs is 1. The molecule has 3 N–H and O–H groups in total. The first-order valence-corrected chi connectivity index (χ1v) is 12.1. The van der Waals surface area contributed by atoms with Gasteiger partial charge in [0, 0.05) is 45.8 Å². The van der Waals surface area contributed by atoms with Gasteiger partial charge in [-0.3, -0.25) is 9.59 Å². The molecule has 9 heteroatoms. The highest BCUT2D eigenvalue weighted by Crippen LogP contribution is 2.34. The molecule has 35 heavy (non-hydrogen) atoms. The highest BCUT2D eigenvalue weighted by Gasteiger charge is 2.39. The first kappa shape index (κ1) is 24.7. The van der Waals surface area contributed by atoms with Gasteiger partial charge in [-0.15, -0.1) is 0 Å². The average Bonchev–Trinajstić information content (AvgIpc) is 3.31. The molecule has 2 amide bonds. The van der Waals surface area contributed by atoms with Gasteiger partial charge in [0.25, 0.3) is 5.91 Å². The Balaban J connectivity index is 1.60. The molecule has 0 aliphatic carbocycles. The molecule has 4 rings (SSSR count). The summed E-state index contributed by atoms with van der Waals surface area (Å²) >= 11 is 0. The van der Waals surface area contributed by atoms with Crippen LogP contribution in [0.15, 0.2) is 36.4 Å². The van der Waals surface area contributed by atoms with Crippen molar-refractivity contribution in [1.29, 1.82) is 0 Å². The van der Waals surface area contributed by atoms with E-state index in [1.54, 1.807) is 7.11 Å². The zero-order valence-corrected chi connectivity index (χ0v) is 20.9. The number of ether oxygens (including phenoxy) is 1. The Morgan fingerprint density at radius 1 is 1.14 bits per heavy atom. The number of nitrogens with one attached hydrogen (secondary N) is 3. The zero-order valence-electron chi connectivity index (χ0n) is 20.9. The molecule has 0 saturated carbocycles. The highest BCUT2D eigenvalue weighted by molar-refractivity contribution is 6.00. The number of rotatable bonds is 8. The summed E-state index contributed by atoms with van der Waals surface area (Å²) in [6.07, 6.45) is 1.61. The Morgan fingerprint density at radius 2 is 1.86 bits per heavy atom. The fraction of sp³-hybridized carbons (Fsp3) is 0.462. The number of likely N-dealkylation sites (tertiary alicyclic amines) is 1. The summed E-state index contributed by atoms with van der Waals surface area (Å²) in [6.45, 7) is 8.06. The number of aromatic nitrogens is 3. The van der Waals surface area contributed by atoms with E-state index in [2.05, 4.69) is 29.5 Å². The first-order chi connectivity index (χ1) is 16.8. The van der Waals surface area contributed by atoms with E-state index in [1.165, 1.54) is 6.92 Å². The number of amides is 2. The van der Waals surface area contributed by atoms with Crippen molar-refractivity contribution < 1.29 is 14.3 Å². The summed E-state index contributed by atoms with van der Waals surface area (Å²) in [4.78, 5) is 39.1. The number of piperidine rings is 1. The van der Waals surface area contributed by atoms with Gasteiger partial charge in [-0.05, 0) is 24.8 Å². The van der Waals surface area contributed by atoms with Gasteiger partial charge in [0.1, 0.15) is 17.2 Å². The number of aromatic amines is 1. The maximum absolute atomic E-state index is 13.4. The Bertz CT molecular complexity index is 1180. The monoisotopic (exact) mass is 478 g/mol. The maximum Gasteiger partial charge on any atom is 0.270 e. The van der Waals surface area contributed by atoms with Crippen molar-refractivity contribution in [2.45, 2.75) is 39.2 Å². The first-order valence-electron chi connectivity index (χ1n) is 12.1. The molecule has 9 nitrogen and oxygen atoms in total. The Hall–Kier alpha value is -3.46. The maximum atomic E-state index is 13.4. The lowest BCUT2D eigenvalue weighted by Crippen LogP contribution is -2.50. The summed E-state index contributed by atoms with van der Waals surface area (Å²) in [6, 6.07) is 11.5. The summed E-state index contributed by atoms with van der Waals surface area (Å²) in [5.41, 5.74) is 1.77. The predicted molar refractivity (Wildman–Crippen MR) is 136 cm³/mol. The molecule has 186 valence electrons. The van der Waals surface area contributed by atoms with E-state index in [-0.39, 0.29) is 17.4 Å². The third-order valence-corrected chi connectivity index (χ3v) is 6.90. The molecule has 1 aliphatic heterocycles. The number of hydrogen-bond acceptors (Lipinski definition) is 6. The fourth-order valence-corrected chi connectivity index (χ4v) is 4.67. The largest absolute Gasteiger partial charge is 0.378 e. The second-order valence-electron chi connectivity index (χ2n) is 9.33. The fourth-order valence-electron chi connectivity index (χ4n) is 4.67. The third-order valence-electron chi connectivity index (χ3n) is 6.90. The number of anilines is 1. The van der Waals surface area contributed by atoms with Crippen molar-refractivity contribution in [2.75, 3.05) is 38.6 Å². The number of benzene rings is 1. The quantitative estimate of drug-likeness (QED) is 0.428. The van der Waals surface area contributed by atoms with Gasteiger partial charge in [-0.25, -0.2) is 9.97 Å². The topological polar surface area (TPSA) is 112 Å². The van der Waals surface area contributed by atoms with Gasteiger partial charge in [0.15, 0.2) is 5.82 Å². The summed E-state index contributed by atoms with van der Waals surface area (Å²) in [5, 5.41) is 6.80. The SMILES string of the molecule is COC1(C(C)C)CCN(C(=O)c2cc3c(NCCNC(C)=O)nc(-c4ccccc4)nc3[nH]2)CC1. The van der Waals surface area contributed by atoms with Crippen LogP contribution in [-0.2, 0) is 9.53 Å². The highest BCUT2D eigenvalue weighted by atomic mass is 16.5. The number of carbonyl (C=O) groups is 2. The number of H-pyrrole nitrogens is 1. The molecular formula is C26H34N6O3. The van der Waals surface area contributed by atoms with Gasteiger partial charge in [-0.2, -0.15) is 0 Å². The minimum Gasteiger partial charge on any atom is -0.378 e. The molecular weight excluding hydrogens is 444 g/mol. The van der Waals surface area contributed by atoms with Crippen molar-refractivity contribution in [1.82, 2.24) is 25.2 Å². The van der Waals surface area contributed by atoms with Gasteiger partial charge >= 0.3 is 0 Å². The third kappa shape index (κ3) is 5.30. The van der Waals surface area contributed by atoms with E-state index < -0.39 is 0 Å². The van der Waals surface area contributed by atoms with Crippen molar-refractivity contribution in [3.63, 3.8) is 0 Å². The van der Waals surface area contributed by atoms with Crippen LogP contribution >= 0.6 is 0 Å². The number of hydrogen-bond donors (Lipinski definition) is 3. The van der Waals surface area contributed by atoms with E-state index in [0.717, 1.165) is 23.8 Å². The Morgan fingerprint density at radius 3 is 2.49 bits per heavy atom. The van der Waals surface area contributed by atoms with E-state index in [0.29, 0.717) is 55.1 Å². The average molecular weight is 479 g/mol. The molecule has 1 fully saturated rings. The van der Waals surface area contributed by atoms with Gasteiger partial charge in [-0.1, -0.05) is 44.2 Å². The van der Waals surface area contributed by atoms with Crippen LogP contribution in [0.5, 0.6) is 0 Å². The van der Waals surface area contributed by atoms with E-state index >= 15 is 0 Å². The minimum absolute atomic E-state index is 0.0538. The van der Waals surface area contributed by atoms with Crippen molar-refractivity contribution in [3.8, 4) is 11.4 Å². The van der Waals surface area contributed by atoms with Gasteiger partial charge < -0.3 is 25.3 Å². The Kier molecular flexibility index (Phi) is 7.35. The summed E-state index contributed by atoms with van der Waals surface area (Å²) in [5.74, 6) is 1.42. The molecule has 1 saturated heterocycles. The van der Waals surface area contributed by atoms with Crippen molar-refractivity contribution in [2.24, 2.45) is 5.92 Å². The predicted octanol–water partition coefficient (Wildman–Crippen LogP) is 3.45. The molecule has 0 spiro atoms. The van der Waals surface area contributed by atoms with E-state index in [4.69, 9.17) is 14.7 Å². The van der Waals surface area contributed by atoms with Crippen LogP contribution in [0.3, 0.4) is 0 Å². The molecule has 0 radical (unpaired) electrons. The van der Waals surface area contributed by atoms with Crippen LogP contribution in [0.25, 0.3) is 22.4 Å². The van der Waals surface area contributed by atoms with Crippen LogP contribution in [0.4, 0.5) is 5.82 Å². The number of nitrogens with zero attached hydrogens (tertiary/aromatic N) is 3. The number of carbonyl (C=O) groups excluding carboxylic acids is 2. The normalized spacial score (nSPS) is 15.4. The van der Waals surface area contributed by atoms with E-state index in [9.17, 15) is 9.59 Å². The minimum atomic E-state index is -0.182. The van der Waals surface area contributed by atoms with Crippen LogP contribution in [-0.4, -0.2) is 70.6 Å². The summed E-state index contributed by atoms with van der Waals surface area (Å²) in [7, 11) is 1.76. The van der Waals surface area contributed by atoms with Crippen molar-refractivity contribution >= 4 is 28.7 Å². The van der Waals surface area contributed by atoms with Crippen molar-refractivity contribution in [3.05, 3.63) is 42.1 Å². The molecule has 2 aromatic heterocycles. The second kappa shape index (κ2) is 10.4. The summed E-state index contributed by atoms with van der Waals surface area (Å²) < 4.78 is 5.86. The molecule has 3 aromatic rings. The van der Waals surface area contributed by atoms with Crippen LogP contribution < -0.4 is 10.6 Å². The van der Waals surface area contributed by atoms with Gasteiger partial charge in [0.05, 0.1) is 11.0 Å². The van der Waals surface area contributed by atoms with Crippen LogP contribution in [0, 0.1) is 5.92 Å². The molecule has 0 unspecified atom stereocenters. The lowest BCUT2D eigenvalue weighted by Gasteiger charge is -2.43. The zero-order chi connectivity index (χ0) is 25.0. The number of methoxy groups -OCH3 is 1. The molecule has 0 bridgehead atoms. The molecule has 1 aliphatic rings. The molecule has 3 heterocycles. The standard InChI is InChI=1S/C26H34N6O3/c1-17(2)26(35-4)10-14-32(15-11-26)25(34)21-16-20-23(28-13-12-27-18(3)33)30-22(31-24(20)29-21)19-8-6-5-7-9-19/h5-9,16-17H,10-15H2,1-4H3,(H,27,33)(H2,28,29,30,31). The molecule has 1 aromatic carbocycles. The lowest BCUT2D eigenvalue weighted by atomic mass is 9.81. The second-order valence-corrected chi connectivity index (χ2v) is 9.33. The lowest BCUT2D eigenvalue weighted by molar-refractivity contribution is -0.118.